The molecule has 1 aromatic carbocycles. The summed E-state index contributed by atoms with van der Waals surface area (Å²) in [7, 11) is 3.62. The van der Waals surface area contributed by atoms with Crippen molar-refractivity contribution in [3.8, 4) is 23.4 Å². The maximum Gasteiger partial charge on any atom is 0.147 e. The van der Waals surface area contributed by atoms with Gasteiger partial charge in [0.1, 0.15) is 29.4 Å². The number of hydrogen-bond acceptors (Lipinski definition) is 8. The number of piperazine rings is 1. The summed E-state index contributed by atoms with van der Waals surface area (Å²) in [6, 6.07) is 10.4. The van der Waals surface area contributed by atoms with Gasteiger partial charge in [0.05, 0.1) is 35.6 Å². The van der Waals surface area contributed by atoms with Crippen LogP contribution in [0.25, 0.3) is 22.3 Å². The summed E-state index contributed by atoms with van der Waals surface area (Å²) in [6.07, 6.45) is 9.34. The van der Waals surface area contributed by atoms with E-state index in [2.05, 4.69) is 35.9 Å². The largest absolute Gasteiger partial charge is 0.377 e. The molecule has 3 aromatic heterocycles. The summed E-state index contributed by atoms with van der Waals surface area (Å²) in [4.78, 5) is 18.4. The van der Waals surface area contributed by atoms with Crippen LogP contribution in [-0.2, 0) is 12.1 Å². The summed E-state index contributed by atoms with van der Waals surface area (Å²) in [5, 5.41) is 24.8. The minimum Gasteiger partial charge on any atom is -0.377 e. The highest BCUT2D eigenvalue weighted by atomic mass is 19.1. The van der Waals surface area contributed by atoms with E-state index in [1.165, 1.54) is 0 Å². The first kappa shape index (κ1) is 25.9. The van der Waals surface area contributed by atoms with E-state index in [1.54, 1.807) is 17.3 Å². The molecule has 40 heavy (non-hydrogen) atoms. The fourth-order valence-electron chi connectivity index (χ4n) is 6.18. The number of halogens is 1. The van der Waals surface area contributed by atoms with Crippen LogP contribution >= 0.6 is 0 Å². The van der Waals surface area contributed by atoms with Crippen LogP contribution in [0.1, 0.15) is 30.4 Å². The number of nitriles is 2. The van der Waals surface area contributed by atoms with Gasteiger partial charge in [-0.05, 0) is 25.0 Å². The molecule has 204 valence electrons. The Bertz CT molecular complexity index is 1610. The van der Waals surface area contributed by atoms with Gasteiger partial charge >= 0.3 is 0 Å². The van der Waals surface area contributed by atoms with E-state index in [0.717, 1.165) is 61.3 Å². The van der Waals surface area contributed by atoms with Crippen LogP contribution in [-0.4, -0.2) is 80.8 Å². The monoisotopic (exact) mass is 538 g/mol. The lowest BCUT2D eigenvalue weighted by atomic mass is 9.70. The molecule has 1 aliphatic carbocycles. The Morgan fingerprint density at radius 2 is 1.93 bits per heavy atom. The lowest BCUT2D eigenvalue weighted by Crippen LogP contribution is -2.60. The van der Waals surface area contributed by atoms with Crippen molar-refractivity contribution in [2.75, 3.05) is 45.2 Å². The average Bonchev–Trinajstić information content (AvgIpc) is 3.62. The molecule has 0 spiro atoms. The van der Waals surface area contributed by atoms with Gasteiger partial charge in [-0.1, -0.05) is 6.07 Å². The number of nitrogens with zero attached hydrogens (tertiary/aromatic N) is 9. The minimum absolute atomic E-state index is 0.100. The first-order chi connectivity index (χ1) is 19.4. The predicted octanol–water partition coefficient (Wildman–Crippen LogP) is 3.49. The van der Waals surface area contributed by atoms with Crippen molar-refractivity contribution in [2.24, 2.45) is 0 Å². The predicted molar refractivity (Wildman–Crippen MR) is 149 cm³/mol. The van der Waals surface area contributed by atoms with E-state index >= 15 is 4.39 Å². The second kappa shape index (κ2) is 10.3. The summed E-state index contributed by atoms with van der Waals surface area (Å²) in [5.74, 6) is -0.422. The molecule has 0 amide bonds. The van der Waals surface area contributed by atoms with Gasteiger partial charge in [0, 0.05) is 81.8 Å². The second-order valence-corrected chi connectivity index (χ2v) is 11.0. The van der Waals surface area contributed by atoms with Crippen LogP contribution < -0.4 is 4.90 Å². The van der Waals surface area contributed by atoms with Crippen LogP contribution in [0.4, 0.5) is 10.1 Å². The number of rotatable bonds is 7. The standard InChI is InChI=1S/C29H31FN10/c1-37(2)25-4-3-20(26(30)24(25)15-32)17-38-9-11-39(12-10-38)22-13-29(14-22,6-7-31)40-18-21(16-36-40)27-23-5-8-33-28(23)35-19-34-27/h3-5,8,16,18-19,22H,6,9-14,17H2,1-2H3,(H,33,34,35)/t22-,29-. The fourth-order valence-corrected chi connectivity index (χ4v) is 6.18. The topological polar surface area (TPSA) is 117 Å². The summed E-state index contributed by atoms with van der Waals surface area (Å²) >= 11 is 0. The molecule has 0 bridgehead atoms. The highest BCUT2D eigenvalue weighted by Gasteiger charge is 2.49. The zero-order chi connectivity index (χ0) is 27.9. The maximum atomic E-state index is 15.1. The Balaban J connectivity index is 1.10. The highest BCUT2D eigenvalue weighted by molar-refractivity contribution is 5.90. The van der Waals surface area contributed by atoms with E-state index < -0.39 is 5.82 Å². The summed E-state index contributed by atoms with van der Waals surface area (Å²) in [5.41, 5.74) is 3.44. The molecule has 1 N–H and O–H groups in total. The molecule has 2 fully saturated rings. The van der Waals surface area contributed by atoms with Gasteiger partial charge in [0.25, 0.3) is 0 Å². The third kappa shape index (κ3) is 4.47. The molecule has 1 saturated heterocycles. The normalized spacial score (nSPS) is 21.6. The lowest BCUT2D eigenvalue weighted by molar-refractivity contribution is -0.0192. The molecular formula is C29H31FN10. The number of aromatic amines is 1. The molecule has 1 aliphatic heterocycles. The molecule has 6 rings (SSSR count). The molecule has 0 unspecified atom stereocenters. The summed E-state index contributed by atoms with van der Waals surface area (Å²) < 4.78 is 17.0. The minimum atomic E-state index is -0.422. The van der Waals surface area contributed by atoms with Crippen molar-refractivity contribution in [1.82, 2.24) is 34.5 Å². The van der Waals surface area contributed by atoms with Crippen molar-refractivity contribution in [3.63, 3.8) is 0 Å². The zero-order valence-corrected chi connectivity index (χ0v) is 22.7. The molecular weight excluding hydrogens is 507 g/mol. The first-order valence-corrected chi connectivity index (χ1v) is 13.5. The lowest BCUT2D eigenvalue weighted by Gasteiger charge is -2.52. The van der Waals surface area contributed by atoms with Crippen molar-refractivity contribution < 1.29 is 4.39 Å². The van der Waals surface area contributed by atoms with Crippen LogP contribution in [0.3, 0.4) is 0 Å². The van der Waals surface area contributed by atoms with E-state index in [4.69, 9.17) is 0 Å². The van der Waals surface area contributed by atoms with Gasteiger partial charge < -0.3 is 9.88 Å². The van der Waals surface area contributed by atoms with Crippen molar-refractivity contribution in [2.45, 2.75) is 37.4 Å². The molecule has 0 radical (unpaired) electrons. The highest BCUT2D eigenvalue weighted by Crippen LogP contribution is 2.45. The third-order valence-corrected chi connectivity index (χ3v) is 8.45. The first-order valence-electron chi connectivity index (χ1n) is 13.5. The fraction of sp³-hybridized carbons (Fsp3) is 0.414. The molecule has 4 aromatic rings. The Morgan fingerprint density at radius 1 is 1.12 bits per heavy atom. The Kier molecular flexibility index (Phi) is 6.70. The molecule has 2 aliphatic rings. The van der Waals surface area contributed by atoms with Gasteiger partial charge in [0.2, 0.25) is 0 Å². The maximum absolute atomic E-state index is 15.1. The van der Waals surface area contributed by atoms with Crippen molar-refractivity contribution >= 4 is 16.7 Å². The Hall–Kier alpha value is -4.32. The number of hydrogen-bond donors (Lipinski definition) is 1. The van der Waals surface area contributed by atoms with Crippen molar-refractivity contribution in [1.29, 1.82) is 10.5 Å². The van der Waals surface area contributed by atoms with Crippen LogP contribution in [0.15, 0.2) is 43.1 Å². The molecule has 11 heteroatoms. The van der Waals surface area contributed by atoms with Crippen LogP contribution in [0.2, 0.25) is 0 Å². The van der Waals surface area contributed by atoms with Crippen LogP contribution in [0.5, 0.6) is 0 Å². The smallest absolute Gasteiger partial charge is 0.147 e. The molecule has 10 nitrogen and oxygen atoms in total. The van der Waals surface area contributed by atoms with Gasteiger partial charge in [-0.3, -0.25) is 14.5 Å². The summed E-state index contributed by atoms with van der Waals surface area (Å²) in [6.45, 7) is 3.90. The average molecular weight is 539 g/mol. The van der Waals surface area contributed by atoms with E-state index in [9.17, 15) is 10.5 Å². The zero-order valence-electron chi connectivity index (χ0n) is 22.7. The van der Waals surface area contributed by atoms with E-state index in [0.29, 0.717) is 30.3 Å². The number of benzene rings is 1. The number of anilines is 1. The Morgan fingerprint density at radius 3 is 2.65 bits per heavy atom. The molecule has 1 saturated carbocycles. The van der Waals surface area contributed by atoms with Gasteiger partial charge in [-0.25, -0.2) is 14.4 Å². The number of nitrogens with one attached hydrogen (secondary N) is 1. The van der Waals surface area contributed by atoms with Crippen molar-refractivity contribution in [3.05, 3.63) is 60.1 Å². The van der Waals surface area contributed by atoms with E-state index in [1.807, 2.05) is 55.6 Å². The van der Waals surface area contributed by atoms with Gasteiger partial charge in [0.15, 0.2) is 0 Å². The van der Waals surface area contributed by atoms with Gasteiger partial charge in [-0.2, -0.15) is 15.6 Å². The van der Waals surface area contributed by atoms with Gasteiger partial charge in [-0.15, -0.1) is 0 Å². The number of H-pyrrole nitrogens is 1. The second-order valence-electron chi connectivity index (χ2n) is 11.0. The molecule has 4 heterocycles. The quantitative estimate of drug-likeness (QED) is 0.380. The van der Waals surface area contributed by atoms with Crippen LogP contribution in [0, 0.1) is 28.5 Å². The Labute approximate surface area is 232 Å². The number of aromatic nitrogens is 5. The molecule has 0 atom stereocenters. The third-order valence-electron chi connectivity index (χ3n) is 8.45. The SMILES string of the molecule is CN(C)c1ccc(CN2CCN([C@H]3C[C@](CC#N)(n4cc(-c5ncnc6[nH]ccc56)cn4)C3)CC2)c(F)c1C#N. The van der Waals surface area contributed by atoms with E-state index in [-0.39, 0.29) is 11.1 Å². The number of fused-ring (bicyclic) bond motifs is 1.